The van der Waals surface area contributed by atoms with Gasteiger partial charge in [-0.3, -0.25) is 0 Å². The lowest BCUT2D eigenvalue weighted by Crippen LogP contribution is -2.13. The monoisotopic (exact) mass is 249 g/mol. The number of halogens is 1. The molecular weight excluding hydrogens is 234 g/mol. The summed E-state index contributed by atoms with van der Waals surface area (Å²) < 4.78 is 5.30. The quantitative estimate of drug-likeness (QED) is 0.786. The van der Waals surface area contributed by atoms with Gasteiger partial charge in [-0.2, -0.15) is 11.8 Å². The van der Waals surface area contributed by atoms with Crippen LogP contribution in [0.15, 0.2) is 4.42 Å². The molecule has 2 unspecified atom stereocenters. The highest BCUT2D eigenvalue weighted by molar-refractivity contribution is 7.98. The van der Waals surface area contributed by atoms with E-state index in [1.807, 2.05) is 11.8 Å². The third-order valence-electron chi connectivity index (χ3n) is 1.83. The van der Waals surface area contributed by atoms with Crippen molar-refractivity contribution in [1.29, 1.82) is 0 Å². The van der Waals surface area contributed by atoms with Crippen LogP contribution in [0.3, 0.4) is 0 Å². The van der Waals surface area contributed by atoms with Gasteiger partial charge in [0, 0.05) is 6.54 Å². The van der Waals surface area contributed by atoms with E-state index in [0.717, 1.165) is 12.3 Å². The number of alkyl halides is 1. The van der Waals surface area contributed by atoms with E-state index in [1.54, 1.807) is 6.92 Å². The Labute approximate surface area is 99.2 Å². The summed E-state index contributed by atoms with van der Waals surface area (Å²) in [6.45, 7) is 4.80. The molecule has 1 heterocycles. The third kappa shape index (κ3) is 4.30. The summed E-state index contributed by atoms with van der Waals surface area (Å²) in [5.74, 6) is 2.14. The van der Waals surface area contributed by atoms with E-state index in [-0.39, 0.29) is 5.38 Å². The molecule has 0 aliphatic carbocycles. The van der Waals surface area contributed by atoms with E-state index in [1.165, 1.54) is 0 Å². The molecule has 0 aromatic carbocycles. The van der Waals surface area contributed by atoms with Crippen LogP contribution >= 0.6 is 23.4 Å². The first-order valence-electron chi connectivity index (χ1n) is 4.83. The molecule has 0 amide bonds. The minimum atomic E-state index is -0.239. The summed E-state index contributed by atoms with van der Waals surface area (Å²) in [6, 6.07) is 0.449. The highest BCUT2D eigenvalue weighted by atomic mass is 35.5. The van der Waals surface area contributed by atoms with Crippen LogP contribution in [-0.4, -0.2) is 28.8 Å². The van der Waals surface area contributed by atoms with Crippen molar-refractivity contribution in [2.75, 3.05) is 23.9 Å². The van der Waals surface area contributed by atoms with E-state index >= 15 is 0 Å². The van der Waals surface area contributed by atoms with Gasteiger partial charge in [0.25, 0.3) is 0 Å². The maximum absolute atomic E-state index is 5.80. The van der Waals surface area contributed by atoms with Crippen molar-refractivity contribution in [3.8, 4) is 0 Å². The van der Waals surface area contributed by atoms with Gasteiger partial charge in [-0.25, -0.2) is 0 Å². The van der Waals surface area contributed by atoms with Crippen molar-refractivity contribution in [2.45, 2.75) is 19.2 Å². The molecule has 0 bridgehead atoms. The molecule has 15 heavy (non-hydrogen) atoms. The predicted molar refractivity (Wildman–Crippen MR) is 64.6 cm³/mol. The summed E-state index contributed by atoms with van der Waals surface area (Å²) in [6.07, 6.45) is 2.09. The molecule has 86 valence electrons. The highest BCUT2D eigenvalue weighted by Crippen LogP contribution is 2.19. The first kappa shape index (κ1) is 12.6. The second kappa shape index (κ2) is 6.23. The maximum Gasteiger partial charge on any atom is 0.315 e. The molecule has 4 nitrogen and oxygen atoms in total. The SMILES string of the molecule is CSCC(C)CNc1nnc(C(C)Cl)o1. The zero-order valence-electron chi connectivity index (χ0n) is 9.16. The highest BCUT2D eigenvalue weighted by Gasteiger charge is 2.11. The van der Waals surface area contributed by atoms with E-state index in [9.17, 15) is 0 Å². The minimum absolute atomic E-state index is 0.239. The van der Waals surface area contributed by atoms with E-state index in [4.69, 9.17) is 16.0 Å². The first-order chi connectivity index (χ1) is 7.13. The molecule has 0 aliphatic rings. The summed E-state index contributed by atoms with van der Waals surface area (Å²) in [4.78, 5) is 0. The number of thioether (sulfide) groups is 1. The molecule has 0 saturated carbocycles. The van der Waals surface area contributed by atoms with E-state index in [2.05, 4.69) is 28.7 Å². The van der Waals surface area contributed by atoms with E-state index in [0.29, 0.717) is 17.8 Å². The lowest BCUT2D eigenvalue weighted by Gasteiger charge is -2.08. The molecule has 0 radical (unpaired) electrons. The number of nitrogens with one attached hydrogen (secondary N) is 1. The Morgan fingerprint density at radius 2 is 2.20 bits per heavy atom. The van der Waals surface area contributed by atoms with Gasteiger partial charge < -0.3 is 9.73 Å². The molecule has 1 aromatic rings. The summed E-state index contributed by atoms with van der Waals surface area (Å²) >= 11 is 7.63. The average Bonchev–Trinajstić information content (AvgIpc) is 2.63. The van der Waals surface area contributed by atoms with E-state index < -0.39 is 0 Å². The zero-order valence-corrected chi connectivity index (χ0v) is 10.7. The minimum Gasteiger partial charge on any atom is -0.407 e. The van der Waals surface area contributed by atoms with Gasteiger partial charge in [0.15, 0.2) is 0 Å². The standard InChI is InChI=1S/C9H16ClN3OS/c1-6(5-15-3)4-11-9-13-12-8(14-9)7(2)10/h6-7H,4-5H2,1-3H3,(H,11,13). The molecule has 0 spiro atoms. The lowest BCUT2D eigenvalue weighted by molar-refractivity contribution is 0.502. The summed E-state index contributed by atoms with van der Waals surface area (Å²) in [5, 5.41) is 10.5. The molecular formula is C9H16ClN3OS. The molecule has 0 saturated heterocycles. The van der Waals surface area contributed by atoms with Crippen LogP contribution in [0.1, 0.15) is 25.1 Å². The Bertz CT molecular complexity index is 293. The number of anilines is 1. The van der Waals surface area contributed by atoms with Crippen molar-refractivity contribution in [3.05, 3.63) is 5.89 Å². The topological polar surface area (TPSA) is 51.0 Å². The van der Waals surface area contributed by atoms with Gasteiger partial charge in [-0.1, -0.05) is 12.0 Å². The van der Waals surface area contributed by atoms with Gasteiger partial charge in [-0.05, 0) is 24.9 Å². The van der Waals surface area contributed by atoms with Crippen LogP contribution in [0.5, 0.6) is 0 Å². The Kier molecular flexibility index (Phi) is 5.25. The number of nitrogens with zero attached hydrogens (tertiary/aromatic N) is 2. The fourth-order valence-electron chi connectivity index (χ4n) is 1.07. The lowest BCUT2D eigenvalue weighted by atomic mass is 10.2. The molecule has 0 fully saturated rings. The molecule has 2 atom stereocenters. The predicted octanol–water partition coefficient (Wildman–Crippen LogP) is 2.78. The summed E-state index contributed by atoms with van der Waals surface area (Å²) in [7, 11) is 0. The largest absolute Gasteiger partial charge is 0.407 e. The molecule has 1 N–H and O–H groups in total. The van der Waals surface area contributed by atoms with Crippen molar-refractivity contribution in [3.63, 3.8) is 0 Å². The second-order valence-electron chi connectivity index (χ2n) is 3.50. The maximum atomic E-state index is 5.80. The normalized spacial score (nSPS) is 14.9. The Hall–Kier alpha value is -0.420. The van der Waals surface area contributed by atoms with Crippen LogP contribution in [0.4, 0.5) is 6.01 Å². The fraction of sp³-hybridized carbons (Fsp3) is 0.778. The van der Waals surface area contributed by atoms with Crippen LogP contribution in [0.2, 0.25) is 0 Å². The molecule has 1 aromatic heterocycles. The smallest absolute Gasteiger partial charge is 0.315 e. The van der Waals surface area contributed by atoms with Crippen LogP contribution < -0.4 is 5.32 Å². The Balaban J connectivity index is 2.37. The third-order valence-corrected chi connectivity index (χ3v) is 2.92. The number of hydrogen-bond donors (Lipinski definition) is 1. The zero-order chi connectivity index (χ0) is 11.3. The van der Waals surface area contributed by atoms with Gasteiger partial charge in [0.1, 0.15) is 5.38 Å². The number of aromatic nitrogens is 2. The van der Waals surface area contributed by atoms with Crippen molar-refractivity contribution in [1.82, 2.24) is 10.2 Å². The van der Waals surface area contributed by atoms with Gasteiger partial charge >= 0.3 is 6.01 Å². The second-order valence-corrected chi connectivity index (χ2v) is 5.07. The van der Waals surface area contributed by atoms with Gasteiger partial charge in [-0.15, -0.1) is 16.7 Å². The first-order valence-corrected chi connectivity index (χ1v) is 6.66. The Morgan fingerprint density at radius 1 is 1.47 bits per heavy atom. The fourth-order valence-corrected chi connectivity index (χ4v) is 1.85. The average molecular weight is 250 g/mol. The Morgan fingerprint density at radius 3 is 2.73 bits per heavy atom. The van der Waals surface area contributed by atoms with Gasteiger partial charge in [0.05, 0.1) is 0 Å². The van der Waals surface area contributed by atoms with Crippen LogP contribution in [0, 0.1) is 5.92 Å². The molecule has 6 heteroatoms. The summed E-state index contributed by atoms with van der Waals surface area (Å²) in [5.41, 5.74) is 0. The van der Waals surface area contributed by atoms with Crippen LogP contribution in [-0.2, 0) is 0 Å². The van der Waals surface area contributed by atoms with Crippen molar-refractivity contribution in [2.24, 2.45) is 5.92 Å². The number of hydrogen-bond acceptors (Lipinski definition) is 5. The molecule has 1 rings (SSSR count). The van der Waals surface area contributed by atoms with Crippen molar-refractivity contribution < 1.29 is 4.42 Å². The number of rotatable bonds is 6. The van der Waals surface area contributed by atoms with Crippen molar-refractivity contribution >= 4 is 29.4 Å². The molecule has 0 aliphatic heterocycles. The van der Waals surface area contributed by atoms with Crippen LogP contribution in [0.25, 0.3) is 0 Å². The van der Waals surface area contributed by atoms with Gasteiger partial charge in [0.2, 0.25) is 5.89 Å².